The van der Waals surface area contributed by atoms with Crippen LogP contribution in [0, 0.1) is 5.92 Å². The van der Waals surface area contributed by atoms with Gasteiger partial charge in [-0.3, -0.25) is 38.5 Å². The molecular formula is C41H62N10O12. The largest absolute Gasteiger partial charge is 0.431 e. The molecule has 0 aromatic heterocycles. The van der Waals surface area contributed by atoms with Gasteiger partial charge in [-0.15, -0.1) is 0 Å². The van der Waals surface area contributed by atoms with Crippen LogP contribution >= 0.6 is 0 Å². The number of anilines is 1. The van der Waals surface area contributed by atoms with Gasteiger partial charge in [0.25, 0.3) is 17.7 Å². The highest BCUT2D eigenvalue weighted by Gasteiger charge is 2.33. The number of benzene rings is 1. The molecule has 22 nitrogen and oxygen atoms in total. The Labute approximate surface area is 366 Å². The normalized spacial score (nSPS) is 15.3. The number of imide groups is 1. The van der Waals surface area contributed by atoms with E-state index in [9.17, 15) is 43.2 Å². The van der Waals surface area contributed by atoms with Gasteiger partial charge < -0.3 is 61.2 Å². The fraction of sp³-hybridized carbons (Fsp3) is 0.585. The molecule has 0 saturated carbocycles. The highest BCUT2D eigenvalue weighted by Crippen LogP contribution is 2.24. The van der Waals surface area contributed by atoms with Crippen molar-refractivity contribution in [1.82, 2.24) is 40.9 Å². The number of hydrogen-bond acceptors (Lipinski definition) is 13. The van der Waals surface area contributed by atoms with Crippen LogP contribution in [0.1, 0.15) is 51.2 Å². The lowest BCUT2D eigenvalue weighted by molar-refractivity contribution is -0.143. The van der Waals surface area contributed by atoms with Crippen LogP contribution in [0.5, 0.6) is 0 Å². The fourth-order valence-corrected chi connectivity index (χ4v) is 6.16. The number of amides is 10. The molecule has 3 atom stereocenters. The van der Waals surface area contributed by atoms with Crippen molar-refractivity contribution in [1.29, 1.82) is 0 Å². The second-order valence-corrected chi connectivity index (χ2v) is 15.4. The van der Waals surface area contributed by atoms with E-state index in [0.29, 0.717) is 37.4 Å². The monoisotopic (exact) mass is 886 g/mol. The summed E-state index contributed by atoms with van der Waals surface area (Å²) in [7, 11) is 4.98. The summed E-state index contributed by atoms with van der Waals surface area (Å²) in [5.74, 6) is -3.65. The van der Waals surface area contributed by atoms with Crippen LogP contribution in [0.15, 0.2) is 36.4 Å². The van der Waals surface area contributed by atoms with E-state index in [1.807, 2.05) is 7.05 Å². The van der Waals surface area contributed by atoms with E-state index in [0.717, 1.165) is 17.1 Å². The molecule has 10 amide bonds. The number of primary amides is 1. The average Bonchev–Trinajstić information content (AvgIpc) is 3.56. The SMILES string of the molecule is CC(C)[C@H](NC(=O)CCOCCOCCNC(=O)CCN1C(=O)C=CC1=O)C(=O)N[C@@H](CCCNC(N)=O)C(=O)Nc1ccc(C(OC(=O)N(C)C)C(=O)N2CCN(C)CC2)cc1. The van der Waals surface area contributed by atoms with E-state index >= 15 is 0 Å². The number of urea groups is 1. The molecule has 22 heteroatoms. The third kappa shape index (κ3) is 18.0. The van der Waals surface area contributed by atoms with Crippen LogP contribution in [-0.2, 0) is 47.8 Å². The van der Waals surface area contributed by atoms with E-state index in [1.165, 1.54) is 19.0 Å². The summed E-state index contributed by atoms with van der Waals surface area (Å²) < 4.78 is 16.5. The number of rotatable bonds is 25. The van der Waals surface area contributed by atoms with E-state index in [4.69, 9.17) is 19.9 Å². The molecular weight excluding hydrogens is 825 g/mol. The lowest BCUT2D eigenvalue weighted by atomic mass is 10.0. The Hall–Kier alpha value is -6.13. The van der Waals surface area contributed by atoms with Crippen molar-refractivity contribution in [2.75, 3.05) is 98.7 Å². The van der Waals surface area contributed by atoms with Gasteiger partial charge in [-0.05, 0) is 37.9 Å². The Kier molecular flexibility index (Phi) is 21.4. The summed E-state index contributed by atoms with van der Waals surface area (Å²) in [6, 6.07) is 3.38. The molecule has 2 heterocycles. The molecule has 0 bridgehead atoms. The van der Waals surface area contributed by atoms with Gasteiger partial charge in [-0.2, -0.15) is 0 Å². The Morgan fingerprint density at radius 3 is 2.02 bits per heavy atom. The number of nitrogens with two attached hydrogens (primary N) is 1. The van der Waals surface area contributed by atoms with Crippen LogP contribution < -0.4 is 32.3 Å². The maximum atomic E-state index is 13.6. The Morgan fingerprint density at radius 2 is 1.41 bits per heavy atom. The Morgan fingerprint density at radius 1 is 0.778 bits per heavy atom. The number of carbonyl (C=O) groups excluding carboxylic acids is 9. The minimum Gasteiger partial charge on any atom is -0.431 e. The van der Waals surface area contributed by atoms with E-state index in [2.05, 4.69) is 31.5 Å². The molecule has 1 aromatic carbocycles. The van der Waals surface area contributed by atoms with Gasteiger partial charge in [0, 0.05) is 96.2 Å². The first kappa shape index (κ1) is 51.2. The number of nitrogens with zero attached hydrogens (tertiary/aromatic N) is 4. The van der Waals surface area contributed by atoms with Crippen molar-refractivity contribution < 1.29 is 57.4 Å². The van der Waals surface area contributed by atoms with Crippen LogP contribution in [0.3, 0.4) is 0 Å². The number of carbonyl (C=O) groups is 9. The minimum absolute atomic E-state index is 0.0154. The summed E-state index contributed by atoms with van der Waals surface area (Å²) in [5.41, 5.74) is 5.91. The number of likely N-dealkylation sites (N-methyl/N-ethyl adjacent to an activating group) is 1. The lowest BCUT2D eigenvalue weighted by Gasteiger charge is -2.34. The van der Waals surface area contributed by atoms with Gasteiger partial charge in [0.05, 0.1) is 26.4 Å². The molecule has 0 aliphatic carbocycles. The van der Waals surface area contributed by atoms with Crippen molar-refractivity contribution in [2.24, 2.45) is 11.7 Å². The predicted molar refractivity (Wildman–Crippen MR) is 227 cm³/mol. The zero-order valence-electron chi connectivity index (χ0n) is 36.6. The molecule has 7 N–H and O–H groups in total. The quantitative estimate of drug-likeness (QED) is 0.0512. The van der Waals surface area contributed by atoms with Crippen molar-refractivity contribution in [3.63, 3.8) is 0 Å². The van der Waals surface area contributed by atoms with E-state index < -0.39 is 59.8 Å². The molecule has 0 spiro atoms. The Bertz CT molecular complexity index is 1770. The van der Waals surface area contributed by atoms with Crippen LogP contribution in [0.2, 0.25) is 0 Å². The first-order valence-corrected chi connectivity index (χ1v) is 20.8. The zero-order chi connectivity index (χ0) is 46.5. The maximum absolute atomic E-state index is 13.6. The highest BCUT2D eigenvalue weighted by molar-refractivity contribution is 6.13. The first-order chi connectivity index (χ1) is 30.0. The van der Waals surface area contributed by atoms with Gasteiger partial charge in [-0.1, -0.05) is 26.0 Å². The van der Waals surface area contributed by atoms with Gasteiger partial charge in [0.15, 0.2) is 0 Å². The first-order valence-electron chi connectivity index (χ1n) is 20.8. The lowest BCUT2D eigenvalue weighted by Crippen LogP contribution is -2.54. The van der Waals surface area contributed by atoms with Crippen molar-refractivity contribution >= 4 is 59.2 Å². The topological polar surface area (TPSA) is 280 Å². The molecule has 2 aliphatic heterocycles. The highest BCUT2D eigenvalue weighted by atomic mass is 16.6. The molecule has 1 unspecified atom stereocenters. The van der Waals surface area contributed by atoms with E-state index in [-0.39, 0.29) is 89.5 Å². The van der Waals surface area contributed by atoms with Gasteiger partial charge in [0.2, 0.25) is 29.7 Å². The molecule has 1 fully saturated rings. The Balaban J connectivity index is 1.50. The number of nitrogens with one attached hydrogen (secondary N) is 5. The third-order valence-electron chi connectivity index (χ3n) is 9.85. The van der Waals surface area contributed by atoms with Crippen LogP contribution in [0.4, 0.5) is 15.3 Å². The molecule has 3 rings (SSSR count). The van der Waals surface area contributed by atoms with Gasteiger partial charge in [0.1, 0.15) is 12.1 Å². The molecule has 1 aromatic rings. The second-order valence-electron chi connectivity index (χ2n) is 15.4. The van der Waals surface area contributed by atoms with Gasteiger partial charge in [-0.25, -0.2) is 9.59 Å². The smallest absolute Gasteiger partial charge is 0.410 e. The average molecular weight is 887 g/mol. The van der Waals surface area contributed by atoms with Crippen molar-refractivity contribution in [2.45, 2.75) is 57.7 Å². The van der Waals surface area contributed by atoms with Gasteiger partial charge >= 0.3 is 12.1 Å². The third-order valence-corrected chi connectivity index (χ3v) is 9.85. The summed E-state index contributed by atoms with van der Waals surface area (Å²) in [4.78, 5) is 118. The number of hydrogen-bond donors (Lipinski definition) is 6. The molecule has 348 valence electrons. The summed E-state index contributed by atoms with van der Waals surface area (Å²) in [5, 5.41) is 13.3. The standard InChI is InChI=1S/C41H62N10O12/c1-27(2)35(47-32(53)15-23-61-25-26-62-24-17-43-31(52)14-18-51-33(54)12-13-34(51)55)38(57)46-30(7-6-16-44-40(42)59)37(56)45-29-10-8-28(9-11-29)36(63-41(60)48(3)4)39(58)50-21-19-49(5)20-22-50/h8-13,27,30,35-36H,6-7,14-26H2,1-5H3,(H,43,52)(H,45,56)(H,46,57)(H,47,53)(H3,42,44,59)/t30-,35-,36?/m0/s1. The molecule has 0 radical (unpaired) electrons. The minimum atomic E-state index is -1.22. The molecule has 63 heavy (non-hydrogen) atoms. The van der Waals surface area contributed by atoms with Crippen LogP contribution in [0.25, 0.3) is 0 Å². The fourth-order valence-electron chi connectivity index (χ4n) is 6.16. The zero-order valence-corrected chi connectivity index (χ0v) is 36.6. The number of piperazine rings is 1. The molecule has 1 saturated heterocycles. The van der Waals surface area contributed by atoms with Crippen LogP contribution in [-0.4, -0.2) is 179 Å². The summed E-state index contributed by atoms with van der Waals surface area (Å²) in [6.07, 6.45) is 0.652. The second kappa shape index (κ2) is 26.4. The summed E-state index contributed by atoms with van der Waals surface area (Å²) >= 11 is 0. The number of ether oxygens (including phenoxy) is 3. The predicted octanol–water partition coefficient (Wildman–Crippen LogP) is -0.933. The molecule has 2 aliphatic rings. The van der Waals surface area contributed by atoms with Crippen molar-refractivity contribution in [3.8, 4) is 0 Å². The maximum Gasteiger partial charge on any atom is 0.410 e. The summed E-state index contributed by atoms with van der Waals surface area (Å²) in [6.45, 7) is 6.63. The van der Waals surface area contributed by atoms with E-state index in [1.54, 1.807) is 43.0 Å². The van der Waals surface area contributed by atoms with Crippen molar-refractivity contribution in [3.05, 3.63) is 42.0 Å².